The van der Waals surface area contributed by atoms with Crippen LogP contribution in [0.25, 0.3) is 0 Å². The molecule has 0 unspecified atom stereocenters. The molecule has 2 rings (SSSR count). The van der Waals surface area contributed by atoms with Crippen molar-refractivity contribution in [3.63, 3.8) is 0 Å². The van der Waals surface area contributed by atoms with Gasteiger partial charge in [0.05, 0.1) is 5.56 Å². The Morgan fingerprint density at radius 1 is 1.47 bits per heavy atom. The summed E-state index contributed by atoms with van der Waals surface area (Å²) in [6, 6.07) is 6.37. The monoisotopic (exact) mass is 205 g/mol. The van der Waals surface area contributed by atoms with Crippen molar-refractivity contribution < 1.29 is 4.39 Å². The summed E-state index contributed by atoms with van der Waals surface area (Å²) in [5, 5.41) is 8.41. The van der Waals surface area contributed by atoms with E-state index in [4.69, 9.17) is 5.26 Å². The van der Waals surface area contributed by atoms with Crippen LogP contribution in [0.15, 0.2) is 18.2 Å². The van der Waals surface area contributed by atoms with E-state index in [9.17, 15) is 4.39 Å². The Kier molecular flexibility index (Phi) is 4.30. The first-order chi connectivity index (χ1) is 7.19. The Bertz CT molecular complexity index is 341. The van der Waals surface area contributed by atoms with Gasteiger partial charge in [0.25, 0.3) is 0 Å². The summed E-state index contributed by atoms with van der Waals surface area (Å²) < 4.78 is 12.6. The van der Waals surface area contributed by atoms with Crippen molar-refractivity contribution in [1.29, 1.82) is 5.26 Å². The van der Waals surface area contributed by atoms with Gasteiger partial charge in [0.15, 0.2) is 0 Å². The van der Waals surface area contributed by atoms with Crippen LogP contribution in [0.1, 0.15) is 37.3 Å². The van der Waals surface area contributed by atoms with Gasteiger partial charge in [-0.3, -0.25) is 0 Å². The average molecular weight is 205 g/mol. The molecule has 1 saturated carbocycles. The predicted molar refractivity (Wildman–Crippen MR) is 58.9 cm³/mol. The van der Waals surface area contributed by atoms with Crippen molar-refractivity contribution >= 4 is 0 Å². The Morgan fingerprint density at radius 2 is 2.13 bits per heavy atom. The molecule has 0 bridgehead atoms. The normalized spacial score (nSPS) is 13.7. The van der Waals surface area contributed by atoms with Gasteiger partial charge in [-0.15, -0.1) is 0 Å². The minimum atomic E-state index is -0.442. The van der Waals surface area contributed by atoms with E-state index in [-0.39, 0.29) is 5.56 Å². The molecule has 0 heterocycles. The lowest BCUT2D eigenvalue weighted by atomic mass is 10.1. The van der Waals surface area contributed by atoms with Crippen molar-refractivity contribution in [3.05, 3.63) is 35.1 Å². The molecule has 1 aliphatic rings. The smallest absolute Gasteiger partial charge is 0.141 e. The molecule has 2 heteroatoms. The van der Waals surface area contributed by atoms with E-state index < -0.39 is 5.82 Å². The molecule has 0 amide bonds. The van der Waals surface area contributed by atoms with Gasteiger partial charge in [0, 0.05) is 0 Å². The van der Waals surface area contributed by atoms with Gasteiger partial charge in [-0.25, -0.2) is 4.39 Å². The van der Waals surface area contributed by atoms with Crippen LogP contribution in [-0.4, -0.2) is 0 Å². The molecule has 0 saturated heterocycles. The molecule has 80 valence electrons. The van der Waals surface area contributed by atoms with Crippen LogP contribution in [0.2, 0.25) is 0 Å². The lowest BCUT2D eigenvalue weighted by Gasteiger charge is -1.94. The molecular formula is C13H16FN. The molecular weight excluding hydrogens is 189 g/mol. The molecule has 1 nitrogen and oxygen atoms in total. The van der Waals surface area contributed by atoms with Crippen LogP contribution in [0, 0.1) is 30.0 Å². The Balaban J connectivity index is 0.000000187. The predicted octanol–water partition coefficient (Wildman–Crippen LogP) is 3.81. The van der Waals surface area contributed by atoms with E-state index in [1.807, 2.05) is 0 Å². The van der Waals surface area contributed by atoms with Gasteiger partial charge in [-0.2, -0.15) is 5.26 Å². The van der Waals surface area contributed by atoms with Crippen molar-refractivity contribution in [1.82, 2.24) is 0 Å². The zero-order valence-corrected chi connectivity index (χ0v) is 9.26. The molecule has 0 aliphatic heterocycles. The molecule has 1 fully saturated rings. The number of nitrogens with zero attached hydrogens (tertiary/aromatic N) is 1. The van der Waals surface area contributed by atoms with Gasteiger partial charge in [0.1, 0.15) is 11.9 Å². The molecule has 1 aromatic rings. The van der Waals surface area contributed by atoms with Crippen LogP contribution in [-0.2, 0) is 0 Å². The highest BCUT2D eigenvalue weighted by Gasteiger charge is 2.17. The van der Waals surface area contributed by atoms with Crippen LogP contribution < -0.4 is 0 Å². The van der Waals surface area contributed by atoms with Gasteiger partial charge >= 0.3 is 0 Å². The zero-order valence-electron chi connectivity index (χ0n) is 9.26. The second-order valence-electron chi connectivity index (χ2n) is 3.90. The maximum atomic E-state index is 12.6. The van der Waals surface area contributed by atoms with Crippen LogP contribution in [0.4, 0.5) is 4.39 Å². The van der Waals surface area contributed by atoms with Gasteiger partial charge < -0.3 is 0 Å². The van der Waals surface area contributed by atoms with Gasteiger partial charge in [-0.1, -0.05) is 38.3 Å². The topological polar surface area (TPSA) is 23.8 Å². The number of rotatable bonds is 1. The van der Waals surface area contributed by atoms with Gasteiger partial charge in [0.2, 0.25) is 0 Å². The number of halogens is 1. The summed E-state index contributed by atoms with van der Waals surface area (Å²) in [5.41, 5.74) is 0.824. The summed E-state index contributed by atoms with van der Waals surface area (Å²) in [5.74, 6) is 0.692. The SMILES string of the molecule is CCC1CC1.Cc1cccc(F)c1C#N. The van der Waals surface area contributed by atoms with Crippen molar-refractivity contribution in [2.24, 2.45) is 5.92 Å². The quantitative estimate of drug-likeness (QED) is 0.683. The van der Waals surface area contributed by atoms with Crippen molar-refractivity contribution in [2.75, 3.05) is 0 Å². The third-order valence-corrected chi connectivity index (χ3v) is 2.61. The Labute approximate surface area is 90.5 Å². The minimum absolute atomic E-state index is 0.141. The maximum absolute atomic E-state index is 12.6. The zero-order chi connectivity index (χ0) is 11.3. The minimum Gasteiger partial charge on any atom is -0.206 e. The summed E-state index contributed by atoms with van der Waals surface area (Å²) in [6.45, 7) is 3.97. The van der Waals surface area contributed by atoms with E-state index >= 15 is 0 Å². The number of nitriles is 1. The molecule has 0 spiro atoms. The molecule has 1 aliphatic carbocycles. The fourth-order valence-electron chi connectivity index (χ4n) is 1.30. The van der Waals surface area contributed by atoms with Gasteiger partial charge in [-0.05, 0) is 24.5 Å². The summed E-state index contributed by atoms with van der Waals surface area (Å²) in [7, 11) is 0. The first kappa shape index (κ1) is 11.7. The highest BCUT2D eigenvalue weighted by molar-refractivity contribution is 5.37. The first-order valence-corrected chi connectivity index (χ1v) is 5.34. The standard InChI is InChI=1S/C8H6FN.C5H10/c1-6-3-2-4-8(9)7(6)5-10;1-2-5-3-4-5/h2-4H,1H3;5H,2-4H2,1H3. The molecule has 1 aromatic carbocycles. The second-order valence-corrected chi connectivity index (χ2v) is 3.90. The van der Waals surface area contributed by atoms with Crippen LogP contribution >= 0.6 is 0 Å². The third kappa shape index (κ3) is 3.71. The van der Waals surface area contributed by atoms with E-state index in [0.29, 0.717) is 5.56 Å². The molecule has 0 radical (unpaired) electrons. The number of aryl methyl sites for hydroxylation is 1. The summed E-state index contributed by atoms with van der Waals surface area (Å²) >= 11 is 0. The van der Waals surface area contributed by atoms with E-state index in [1.165, 1.54) is 25.3 Å². The number of hydrogen-bond donors (Lipinski definition) is 0. The second kappa shape index (κ2) is 5.50. The number of benzene rings is 1. The summed E-state index contributed by atoms with van der Waals surface area (Å²) in [6.07, 6.45) is 4.44. The highest BCUT2D eigenvalue weighted by atomic mass is 19.1. The molecule has 0 N–H and O–H groups in total. The average Bonchev–Trinajstić information content (AvgIpc) is 3.02. The lowest BCUT2D eigenvalue weighted by molar-refractivity contribution is 0.622. The fourth-order valence-corrected chi connectivity index (χ4v) is 1.30. The largest absolute Gasteiger partial charge is 0.206 e. The van der Waals surface area contributed by atoms with Crippen LogP contribution in [0.5, 0.6) is 0 Å². The van der Waals surface area contributed by atoms with Crippen LogP contribution in [0.3, 0.4) is 0 Å². The molecule has 15 heavy (non-hydrogen) atoms. The molecule has 0 aromatic heterocycles. The van der Waals surface area contributed by atoms with E-state index in [2.05, 4.69) is 6.92 Å². The van der Waals surface area contributed by atoms with E-state index in [1.54, 1.807) is 25.1 Å². The Hall–Kier alpha value is -1.36. The fraction of sp³-hybridized carbons (Fsp3) is 0.462. The highest BCUT2D eigenvalue weighted by Crippen LogP contribution is 2.31. The number of hydrogen-bond acceptors (Lipinski definition) is 1. The van der Waals surface area contributed by atoms with E-state index in [0.717, 1.165) is 5.92 Å². The Morgan fingerprint density at radius 3 is 2.40 bits per heavy atom. The van der Waals surface area contributed by atoms with Crippen molar-refractivity contribution in [2.45, 2.75) is 33.1 Å². The summed E-state index contributed by atoms with van der Waals surface area (Å²) in [4.78, 5) is 0. The maximum Gasteiger partial charge on any atom is 0.141 e. The van der Waals surface area contributed by atoms with Crippen molar-refractivity contribution in [3.8, 4) is 6.07 Å². The molecule has 0 atom stereocenters. The third-order valence-electron chi connectivity index (χ3n) is 2.61. The lowest BCUT2D eigenvalue weighted by Crippen LogP contribution is -1.86. The first-order valence-electron chi connectivity index (χ1n) is 5.34.